The number of ether oxygens (including phenoxy) is 7. The molecule has 0 bridgehead atoms. The Labute approximate surface area is 424 Å². The van der Waals surface area contributed by atoms with E-state index in [1.54, 1.807) is 6.92 Å². The Kier molecular flexibility index (Phi) is 14.6. The second-order valence-electron chi connectivity index (χ2n) is 24.5. The molecule has 9 N–H and O–H groups in total. The first kappa shape index (κ1) is 54.7. The van der Waals surface area contributed by atoms with Crippen LogP contribution in [0.1, 0.15) is 118 Å². The first-order valence-corrected chi connectivity index (χ1v) is 26.2. The summed E-state index contributed by atoms with van der Waals surface area (Å²) in [5, 5.41) is 96.9. The highest BCUT2D eigenvalue weighted by Crippen LogP contribution is 2.76. The summed E-state index contributed by atoms with van der Waals surface area (Å²) in [6.07, 6.45) is -11.7. The molecule has 3 saturated heterocycles. The zero-order chi connectivity index (χ0) is 53.1. The predicted molar refractivity (Wildman–Crippen MR) is 253 cm³/mol. The van der Waals surface area contributed by atoms with Gasteiger partial charge in [-0.15, -0.1) is 0 Å². The lowest BCUT2D eigenvalue weighted by Crippen LogP contribution is -2.66. The largest absolute Gasteiger partial charge is 0.481 e. The molecule has 3 aliphatic heterocycles. The Morgan fingerprint density at radius 1 is 0.753 bits per heavy atom. The van der Waals surface area contributed by atoms with Crippen molar-refractivity contribution < 1.29 is 93.1 Å². The molecule has 0 spiro atoms. The zero-order valence-electron chi connectivity index (χ0n) is 43.1. The summed E-state index contributed by atoms with van der Waals surface area (Å²) >= 11 is 0. The fourth-order valence-corrected chi connectivity index (χ4v) is 15.6. The van der Waals surface area contributed by atoms with Crippen LogP contribution in [-0.4, -0.2) is 163 Å². The number of carboxylic acid groups (broad SMARTS) is 1. The van der Waals surface area contributed by atoms with Gasteiger partial charge in [-0.2, -0.15) is 0 Å². The first-order chi connectivity index (χ1) is 34.1. The summed E-state index contributed by atoms with van der Waals surface area (Å²) in [6.45, 7) is 15.5. The molecule has 4 saturated carbocycles. The Hall–Kier alpha value is -3.09. The Morgan fingerprint density at radius 2 is 1.44 bits per heavy atom. The summed E-state index contributed by atoms with van der Waals surface area (Å²) in [5.74, 6) is -1.79. The summed E-state index contributed by atoms with van der Waals surface area (Å²) < 4.78 is 47.1. The molecule has 73 heavy (non-hydrogen) atoms. The van der Waals surface area contributed by atoms with Crippen LogP contribution in [0.15, 0.2) is 33.2 Å². The van der Waals surface area contributed by atoms with Crippen molar-refractivity contribution in [1.82, 2.24) is 0 Å². The van der Waals surface area contributed by atoms with Crippen LogP contribution in [0.4, 0.5) is 0 Å². The maximum absolute atomic E-state index is 14.4. The summed E-state index contributed by atoms with van der Waals surface area (Å²) in [6, 6.07) is 1.12. The SMILES string of the molecule is Cc1occc(=O)c1O[C@@H]1O[C@H](COC(=O)[C@]2(C)CC[C@]3(C(=O)O)CC[C@]4(C)C(=CC[C@@H]5[C@@]6(C)CC[C@H](O[C@@H]7OC[C@H](O)[C@H](O)[C@H]7O[C@@H]7O[C@@H](C)[C@H](O)[C@@H](O)[C@H]7O)C(C)(C)[C@@H]6CC[C@]54C)[C@@H]3C2)[C@@H](O)[C@H](O)[C@H]1O. The van der Waals surface area contributed by atoms with Gasteiger partial charge in [-0.3, -0.25) is 14.4 Å². The Morgan fingerprint density at radius 3 is 2.14 bits per heavy atom. The molecule has 0 aromatic carbocycles. The van der Waals surface area contributed by atoms with Crippen molar-refractivity contribution in [2.45, 2.75) is 212 Å². The normalized spacial score (nSPS) is 49.5. The van der Waals surface area contributed by atoms with Gasteiger partial charge in [-0.25, -0.2) is 0 Å². The Balaban J connectivity index is 0.916. The minimum atomic E-state index is -1.78. The average Bonchev–Trinajstić information content (AvgIpc) is 3.33. The third-order valence-corrected chi connectivity index (χ3v) is 20.4. The van der Waals surface area contributed by atoms with Gasteiger partial charge in [0.15, 0.2) is 12.6 Å². The van der Waals surface area contributed by atoms with Gasteiger partial charge in [0.1, 0.15) is 73.4 Å². The van der Waals surface area contributed by atoms with Crippen LogP contribution in [-0.2, 0) is 38.0 Å². The van der Waals surface area contributed by atoms with Crippen LogP contribution in [0, 0.1) is 57.2 Å². The van der Waals surface area contributed by atoms with Crippen LogP contribution < -0.4 is 10.2 Å². The molecule has 20 heteroatoms. The molecule has 5 aliphatic carbocycles. The van der Waals surface area contributed by atoms with Crippen molar-refractivity contribution in [2.24, 2.45) is 50.2 Å². The van der Waals surface area contributed by atoms with Crippen LogP contribution >= 0.6 is 0 Å². The lowest BCUT2D eigenvalue weighted by atomic mass is 9.33. The van der Waals surface area contributed by atoms with Crippen LogP contribution in [0.2, 0.25) is 0 Å². The molecular weight excluding hydrogens is 957 g/mol. The van der Waals surface area contributed by atoms with Crippen molar-refractivity contribution in [3.05, 3.63) is 40.0 Å². The maximum Gasteiger partial charge on any atom is 0.311 e. The van der Waals surface area contributed by atoms with E-state index in [1.165, 1.54) is 20.1 Å². The van der Waals surface area contributed by atoms with Gasteiger partial charge in [0.05, 0.1) is 35.9 Å². The topological polar surface area (TPSA) is 311 Å². The molecule has 7 fully saturated rings. The number of aliphatic carboxylic acids is 1. The highest BCUT2D eigenvalue weighted by Gasteiger charge is 2.70. The van der Waals surface area contributed by atoms with Crippen molar-refractivity contribution >= 4 is 11.9 Å². The number of carbonyl (C=O) groups is 2. The third-order valence-electron chi connectivity index (χ3n) is 20.4. The van der Waals surface area contributed by atoms with E-state index in [9.17, 15) is 60.3 Å². The van der Waals surface area contributed by atoms with E-state index in [1.807, 2.05) is 0 Å². The molecule has 0 amide bonds. The molecule has 20 nitrogen and oxygen atoms in total. The van der Waals surface area contributed by atoms with E-state index in [0.717, 1.165) is 30.9 Å². The zero-order valence-corrected chi connectivity index (χ0v) is 43.1. The fraction of sp³-hybridized carbons (Fsp3) is 0.830. The third kappa shape index (κ3) is 8.74. The van der Waals surface area contributed by atoms with Crippen LogP contribution in [0.3, 0.4) is 0 Å². The summed E-state index contributed by atoms with van der Waals surface area (Å²) in [5.41, 5.74) is -3.03. The van der Waals surface area contributed by atoms with Gasteiger partial charge in [0.2, 0.25) is 17.5 Å². The molecule has 4 heterocycles. The summed E-state index contributed by atoms with van der Waals surface area (Å²) in [7, 11) is 0. The van der Waals surface area contributed by atoms with E-state index in [-0.39, 0.29) is 66.1 Å². The minimum Gasteiger partial charge on any atom is -0.481 e. The number of aliphatic hydroxyl groups excluding tert-OH is 8. The molecule has 1 aromatic heterocycles. The van der Waals surface area contributed by atoms with E-state index >= 15 is 0 Å². The second kappa shape index (κ2) is 19.4. The van der Waals surface area contributed by atoms with E-state index in [4.69, 9.17) is 37.6 Å². The lowest BCUT2D eigenvalue weighted by Gasteiger charge is -2.71. The number of carboxylic acids is 1. The Bertz CT molecular complexity index is 2320. The smallest absolute Gasteiger partial charge is 0.311 e. The standard InChI is InChI=1S/C53H78O20/c1-24-34(56)37(59)39(61)43(69-24)73-42-35(57)29(55)22-67-45(42)71-33-12-14-50(6)31(48(33,3)4)11-15-52(8)32(50)10-9-26-27-21-49(5,16-18-53(27,46(63)64)19-17-51(26,52)7)47(65)68-23-30-36(58)38(60)40(62)44(70-30)72-41-25(2)66-20-13-28(41)54/h9,13,20,24,27,29-40,42-45,55-62H,10-12,14-19,21-23H2,1-8H3,(H,63,64)/t24-,27-,29-,30+,31-,32+,33-,34-,35-,36+,37+,38-,39+,40+,42+,43-,44-,45-,49+,50-,51+,52+,53-/m0/s1. The fourth-order valence-electron chi connectivity index (χ4n) is 15.6. The number of hydrogen-bond acceptors (Lipinski definition) is 19. The van der Waals surface area contributed by atoms with Crippen LogP contribution in [0.25, 0.3) is 0 Å². The monoisotopic (exact) mass is 1030 g/mol. The highest BCUT2D eigenvalue weighted by atomic mass is 16.8. The van der Waals surface area contributed by atoms with E-state index in [2.05, 4.69) is 40.7 Å². The number of aryl methyl sites for hydroxylation is 1. The van der Waals surface area contributed by atoms with Crippen molar-refractivity contribution in [2.75, 3.05) is 13.2 Å². The second-order valence-corrected chi connectivity index (χ2v) is 24.5. The number of hydrogen-bond donors (Lipinski definition) is 9. The maximum atomic E-state index is 14.4. The predicted octanol–water partition coefficient (Wildman–Crippen LogP) is 2.22. The molecule has 1 aromatic rings. The quantitative estimate of drug-likeness (QED) is 0.0922. The van der Waals surface area contributed by atoms with Gasteiger partial charge in [-0.05, 0) is 124 Å². The molecule has 410 valence electrons. The first-order valence-electron chi connectivity index (χ1n) is 26.2. The molecular formula is C53H78O20. The molecule has 0 radical (unpaired) electrons. The number of aliphatic hydroxyl groups is 8. The lowest BCUT2D eigenvalue weighted by molar-refractivity contribution is -0.364. The van der Waals surface area contributed by atoms with Crippen LogP contribution in [0.5, 0.6) is 5.75 Å². The minimum absolute atomic E-state index is 0.0966. The molecule has 9 rings (SSSR count). The average molecular weight is 1040 g/mol. The highest BCUT2D eigenvalue weighted by molar-refractivity contribution is 5.80. The van der Waals surface area contributed by atoms with Crippen molar-refractivity contribution in [1.29, 1.82) is 0 Å². The molecule has 8 aliphatic rings. The van der Waals surface area contributed by atoms with E-state index in [0.29, 0.717) is 25.7 Å². The van der Waals surface area contributed by atoms with E-state index < -0.39 is 138 Å². The molecule has 0 unspecified atom stereocenters. The number of allylic oxidation sites excluding steroid dienone is 2. The van der Waals surface area contributed by atoms with Crippen molar-refractivity contribution in [3.63, 3.8) is 0 Å². The number of rotatable bonds is 10. The van der Waals surface area contributed by atoms with Gasteiger partial charge < -0.3 is 83.5 Å². The number of carbonyl (C=O) groups excluding carboxylic acids is 1. The van der Waals surface area contributed by atoms with Gasteiger partial charge in [-0.1, -0.05) is 46.3 Å². The number of fused-ring (bicyclic) bond motifs is 7. The summed E-state index contributed by atoms with van der Waals surface area (Å²) in [4.78, 5) is 40.4. The van der Waals surface area contributed by atoms with Gasteiger partial charge >= 0.3 is 11.9 Å². The van der Waals surface area contributed by atoms with Gasteiger partial charge in [0.25, 0.3) is 0 Å². The molecule has 23 atom stereocenters. The number of esters is 1. The van der Waals surface area contributed by atoms with Gasteiger partial charge in [0, 0.05) is 6.07 Å². The van der Waals surface area contributed by atoms with Crippen molar-refractivity contribution in [3.8, 4) is 5.75 Å².